The second-order valence-corrected chi connectivity index (χ2v) is 4.45. The van der Waals surface area contributed by atoms with Gasteiger partial charge in [0, 0.05) is 13.2 Å². The van der Waals surface area contributed by atoms with Gasteiger partial charge >= 0.3 is 0 Å². The molecule has 1 aromatic carbocycles. The largest absolute Gasteiger partial charge is 0.492 e. The highest BCUT2D eigenvalue weighted by Gasteiger charge is 2.03. The monoisotopic (exact) mass is 430 g/mol. The van der Waals surface area contributed by atoms with Crippen LogP contribution in [0.5, 0.6) is 5.75 Å². The van der Waals surface area contributed by atoms with E-state index in [1.807, 2.05) is 30.3 Å². The van der Waals surface area contributed by atoms with Crippen molar-refractivity contribution in [3.63, 3.8) is 0 Å². The summed E-state index contributed by atoms with van der Waals surface area (Å²) in [5.41, 5.74) is 0.353. The molecule has 0 aliphatic carbocycles. The van der Waals surface area contributed by atoms with Crippen molar-refractivity contribution in [1.29, 1.82) is 0 Å². The van der Waals surface area contributed by atoms with Crippen molar-refractivity contribution < 1.29 is 9.13 Å². The Kier molecular flexibility index (Phi) is 8.96. The Morgan fingerprint density at radius 1 is 1.17 bits per heavy atom. The van der Waals surface area contributed by atoms with Gasteiger partial charge in [0.2, 0.25) is 0 Å². The molecule has 124 valence electrons. The Morgan fingerprint density at radius 3 is 2.65 bits per heavy atom. The fraction of sp³-hybridized carbons (Fsp3) is 0.250. The van der Waals surface area contributed by atoms with Crippen molar-refractivity contribution in [3.05, 3.63) is 60.2 Å². The average molecular weight is 430 g/mol. The average Bonchev–Trinajstić information content (AvgIpc) is 2.56. The Hall–Kier alpha value is -1.90. The first-order valence-corrected chi connectivity index (χ1v) is 7.01. The molecule has 2 rings (SSSR count). The summed E-state index contributed by atoms with van der Waals surface area (Å²) in [5.74, 6) is 1.06. The molecule has 0 saturated heterocycles. The van der Waals surface area contributed by atoms with E-state index in [0.717, 1.165) is 5.75 Å². The number of aromatic nitrogens is 1. The number of guanidine groups is 1. The van der Waals surface area contributed by atoms with E-state index in [9.17, 15) is 4.39 Å². The summed E-state index contributed by atoms with van der Waals surface area (Å²) in [4.78, 5) is 8.04. The van der Waals surface area contributed by atoms with Gasteiger partial charge in [-0.05, 0) is 24.3 Å². The first-order valence-electron chi connectivity index (χ1n) is 7.01. The van der Waals surface area contributed by atoms with E-state index < -0.39 is 0 Å². The van der Waals surface area contributed by atoms with Crippen LogP contribution in [0.1, 0.15) is 5.69 Å². The van der Waals surface area contributed by atoms with Gasteiger partial charge < -0.3 is 15.4 Å². The van der Waals surface area contributed by atoms with Crippen LogP contribution in [0.25, 0.3) is 0 Å². The normalized spacial score (nSPS) is 10.6. The van der Waals surface area contributed by atoms with Crippen LogP contribution in [0.4, 0.5) is 4.39 Å². The van der Waals surface area contributed by atoms with Crippen molar-refractivity contribution in [2.75, 3.05) is 20.2 Å². The van der Waals surface area contributed by atoms with Crippen LogP contribution in [-0.2, 0) is 6.54 Å². The van der Waals surface area contributed by atoms with Gasteiger partial charge in [0.1, 0.15) is 18.2 Å². The summed E-state index contributed by atoms with van der Waals surface area (Å²) in [6.45, 7) is 1.35. The number of ether oxygens (including phenoxy) is 1. The number of benzene rings is 1. The van der Waals surface area contributed by atoms with Crippen LogP contribution >= 0.6 is 24.0 Å². The second-order valence-electron chi connectivity index (χ2n) is 4.45. The second kappa shape index (κ2) is 10.8. The molecule has 0 spiro atoms. The van der Waals surface area contributed by atoms with Gasteiger partial charge in [-0.15, -0.1) is 24.0 Å². The molecule has 0 aliphatic rings. The molecule has 0 fully saturated rings. The van der Waals surface area contributed by atoms with Crippen molar-refractivity contribution in [1.82, 2.24) is 15.6 Å². The molecule has 23 heavy (non-hydrogen) atoms. The SMILES string of the molecule is CN=C(NCCOc1ccccc1)NCc1ncccc1F.I. The minimum Gasteiger partial charge on any atom is -0.492 e. The van der Waals surface area contributed by atoms with Crippen LogP contribution in [0.3, 0.4) is 0 Å². The summed E-state index contributed by atoms with van der Waals surface area (Å²) in [5, 5.41) is 6.10. The molecule has 2 aromatic rings. The molecule has 0 amide bonds. The molecule has 1 heterocycles. The standard InChI is InChI=1S/C16H19FN4O.HI/c1-18-16(21-12-15-14(17)8-5-9-19-15)20-10-11-22-13-6-3-2-4-7-13;/h2-9H,10-12H2,1H3,(H2,18,20,21);1H. The van der Waals surface area contributed by atoms with Crippen molar-refractivity contribution in [3.8, 4) is 5.75 Å². The third kappa shape index (κ3) is 6.81. The molecule has 0 unspecified atom stereocenters. The Bertz CT molecular complexity index is 610. The molecule has 0 bridgehead atoms. The molecule has 0 aliphatic heterocycles. The number of para-hydroxylation sites is 1. The molecule has 0 radical (unpaired) electrons. The number of hydrogen-bond acceptors (Lipinski definition) is 3. The fourth-order valence-corrected chi connectivity index (χ4v) is 1.79. The van der Waals surface area contributed by atoms with Crippen molar-refractivity contribution in [2.24, 2.45) is 4.99 Å². The maximum absolute atomic E-state index is 13.5. The lowest BCUT2D eigenvalue weighted by Gasteiger charge is -2.12. The Morgan fingerprint density at radius 2 is 1.96 bits per heavy atom. The molecule has 7 heteroatoms. The lowest BCUT2D eigenvalue weighted by molar-refractivity contribution is 0.322. The number of rotatable bonds is 6. The molecule has 0 saturated carbocycles. The fourth-order valence-electron chi connectivity index (χ4n) is 1.79. The van der Waals surface area contributed by atoms with E-state index >= 15 is 0 Å². The lowest BCUT2D eigenvalue weighted by Crippen LogP contribution is -2.39. The number of hydrogen-bond donors (Lipinski definition) is 2. The zero-order valence-electron chi connectivity index (χ0n) is 12.8. The first-order chi connectivity index (χ1) is 10.8. The molecular formula is C16H20FIN4O. The number of nitrogens with zero attached hydrogens (tertiary/aromatic N) is 2. The van der Waals surface area contributed by atoms with Gasteiger partial charge in [-0.25, -0.2) is 4.39 Å². The highest BCUT2D eigenvalue weighted by Crippen LogP contribution is 2.07. The van der Waals surface area contributed by atoms with Crippen LogP contribution in [0, 0.1) is 5.82 Å². The zero-order chi connectivity index (χ0) is 15.6. The summed E-state index contributed by atoms with van der Waals surface area (Å²) in [7, 11) is 1.65. The van der Waals surface area contributed by atoms with E-state index in [2.05, 4.69) is 20.6 Å². The van der Waals surface area contributed by atoms with E-state index in [4.69, 9.17) is 4.74 Å². The predicted octanol–water partition coefficient (Wildman–Crippen LogP) is 2.58. The van der Waals surface area contributed by atoms with E-state index in [-0.39, 0.29) is 36.3 Å². The van der Waals surface area contributed by atoms with Crippen LogP contribution in [0.2, 0.25) is 0 Å². The van der Waals surface area contributed by atoms with Gasteiger partial charge in [0.05, 0.1) is 18.8 Å². The quantitative estimate of drug-likeness (QED) is 0.320. The molecular weight excluding hydrogens is 410 g/mol. The highest BCUT2D eigenvalue weighted by atomic mass is 127. The number of halogens is 2. The van der Waals surface area contributed by atoms with Gasteiger partial charge in [-0.2, -0.15) is 0 Å². The number of pyridine rings is 1. The van der Waals surface area contributed by atoms with Gasteiger partial charge in [-0.1, -0.05) is 18.2 Å². The minimum atomic E-state index is -0.335. The van der Waals surface area contributed by atoms with Crippen LogP contribution < -0.4 is 15.4 Å². The Labute approximate surface area is 152 Å². The number of nitrogens with one attached hydrogen (secondary N) is 2. The lowest BCUT2D eigenvalue weighted by atomic mass is 10.3. The molecule has 2 N–H and O–H groups in total. The number of aliphatic imine (C=N–C) groups is 1. The summed E-state index contributed by atoms with van der Waals surface area (Å²) < 4.78 is 19.0. The summed E-state index contributed by atoms with van der Waals surface area (Å²) in [6, 6.07) is 12.5. The predicted molar refractivity (Wildman–Crippen MR) is 99.7 cm³/mol. The topological polar surface area (TPSA) is 58.5 Å². The van der Waals surface area contributed by atoms with E-state index in [0.29, 0.717) is 24.8 Å². The minimum absolute atomic E-state index is 0. The van der Waals surface area contributed by atoms with E-state index in [1.165, 1.54) is 6.07 Å². The molecule has 0 atom stereocenters. The molecule has 1 aromatic heterocycles. The first kappa shape index (κ1) is 19.1. The van der Waals surface area contributed by atoms with E-state index in [1.54, 1.807) is 19.3 Å². The Balaban J connectivity index is 0.00000264. The maximum Gasteiger partial charge on any atom is 0.191 e. The van der Waals surface area contributed by atoms with Crippen LogP contribution in [0.15, 0.2) is 53.7 Å². The van der Waals surface area contributed by atoms with Crippen LogP contribution in [-0.4, -0.2) is 31.1 Å². The van der Waals surface area contributed by atoms with Gasteiger partial charge in [0.15, 0.2) is 5.96 Å². The van der Waals surface area contributed by atoms with Gasteiger partial charge in [0.25, 0.3) is 0 Å². The van der Waals surface area contributed by atoms with Crippen molar-refractivity contribution >= 4 is 29.9 Å². The highest BCUT2D eigenvalue weighted by molar-refractivity contribution is 14.0. The summed E-state index contributed by atoms with van der Waals surface area (Å²) >= 11 is 0. The third-order valence-electron chi connectivity index (χ3n) is 2.89. The third-order valence-corrected chi connectivity index (χ3v) is 2.89. The molecule has 5 nitrogen and oxygen atoms in total. The summed E-state index contributed by atoms with van der Waals surface area (Å²) in [6.07, 6.45) is 1.56. The smallest absolute Gasteiger partial charge is 0.191 e. The van der Waals surface area contributed by atoms with Crippen molar-refractivity contribution in [2.45, 2.75) is 6.54 Å². The maximum atomic E-state index is 13.5. The van der Waals surface area contributed by atoms with Gasteiger partial charge in [-0.3, -0.25) is 9.98 Å². The zero-order valence-corrected chi connectivity index (χ0v) is 15.2.